The first kappa shape index (κ1) is 8.42. The Labute approximate surface area is 71.5 Å². The number of hydrogen-bond acceptors (Lipinski definition) is 1. The average molecular weight is 175 g/mol. The van der Waals surface area contributed by atoms with E-state index >= 15 is 0 Å². The summed E-state index contributed by atoms with van der Waals surface area (Å²) in [4.78, 5) is 0. The zero-order valence-electron chi connectivity index (χ0n) is 7.32. The van der Waals surface area contributed by atoms with Gasteiger partial charge in [-0.25, -0.2) is 8.78 Å². The van der Waals surface area contributed by atoms with Crippen LogP contribution in [0.3, 0.4) is 0 Å². The van der Waals surface area contributed by atoms with Crippen molar-refractivity contribution >= 4 is 0 Å². The molecule has 2 rings (SSSR count). The van der Waals surface area contributed by atoms with Gasteiger partial charge in [0, 0.05) is 6.04 Å². The summed E-state index contributed by atoms with van der Waals surface area (Å²) in [6.45, 7) is 2.13. The minimum Gasteiger partial charge on any atom is -0.303 e. The second kappa shape index (κ2) is 2.66. The topological polar surface area (TPSA) is 12.0 Å². The Hall–Kier alpha value is -0.180. The number of nitrogens with one attached hydrogen (secondary N) is 1. The number of alkyl halides is 2. The van der Waals surface area contributed by atoms with E-state index in [0.717, 1.165) is 6.42 Å². The minimum atomic E-state index is -2.18. The Morgan fingerprint density at radius 3 is 2.25 bits per heavy atom. The third kappa shape index (κ3) is 1.24. The van der Waals surface area contributed by atoms with Gasteiger partial charge in [0.2, 0.25) is 0 Å². The average Bonchev–Trinajstić information content (AvgIpc) is 2.78. The highest BCUT2D eigenvalue weighted by atomic mass is 19.3. The fraction of sp³-hybridized carbons (Fsp3) is 1.00. The quantitative estimate of drug-likeness (QED) is 0.693. The molecule has 1 N–H and O–H groups in total. The normalized spacial score (nSPS) is 38.0. The SMILES string of the molecule is CC1CCC1NC1(C(F)F)CC1. The molecule has 0 aromatic rings. The van der Waals surface area contributed by atoms with Crippen LogP contribution in [-0.2, 0) is 0 Å². The highest BCUT2D eigenvalue weighted by molar-refractivity contribution is 5.07. The van der Waals surface area contributed by atoms with E-state index in [0.29, 0.717) is 24.8 Å². The van der Waals surface area contributed by atoms with Crippen molar-refractivity contribution in [2.75, 3.05) is 0 Å². The number of rotatable bonds is 3. The lowest BCUT2D eigenvalue weighted by atomic mass is 9.80. The van der Waals surface area contributed by atoms with Crippen LogP contribution < -0.4 is 5.32 Å². The standard InChI is InChI=1S/C9H15F2N/c1-6-2-3-7(6)12-9(4-5-9)8(10)11/h6-8,12H,2-5H2,1H3. The molecule has 2 fully saturated rings. The van der Waals surface area contributed by atoms with Crippen molar-refractivity contribution < 1.29 is 8.78 Å². The van der Waals surface area contributed by atoms with Crippen LogP contribution in [0.4, 0.5) is 8.78 Å². The molecule has 1 nitrogen and oxygen atoms in total. The van der Waals surface area contributed by atoms with Crippen LogP contribution in [0.1, 0.15) is 32.6 Å². The van der Waals surface area contributed by atoms with E-state index in [4.69, 9.17) is 0 Å². The van der Waals surface area contributed by atoms with Crippen molar-refractivity contribution in [2.24, 2.45) is 5.92 Å². The Kier molecular flexibility index (Phi) is 1.86. The second-order valence-corrected chi connectivity index (χ2v) is 4.26. The Balaban J connectivity index is 1.86. The summed E-state index contributed by atoms with van der Waals surface area (Å²) < 4.78 is 24.9. The molecular formula is C9H15F2N. The third-order valence-corrected chi connectivity index (χ3v) is 3.30. The molecule has 0 heterocycles. The summed E-state index contributed by atoms with van der Waals surface area (Å²) in [6.07, 6.45) is 1.42. The smallest absolute Gasteiger partial charge is 0.256 e. The first-order valence-corrected chi connectivity index (χ1v) is 4.70. The van der Waals surface area contributed by atoms with Gasteiger partial charge in [0.05, 0.1) is 5.54 Å². The molecule has 2 atom stereocenters. The van der Waals surface area contributed by atoms with Gasteiger partial charge in [-0.2, -0.15) is 0 Å². The molecule has 2 aliphatic carbocycles. The van der Waals surface area contributed by atoms with Gasteiger partial charge >= 0.3 is 0 Å². The monoisotopic (exact) mass is 175 g/mol. The van der Waals surface area contributed by atoms with Crippen LogP contribution >= 0.6 is 0 Å². The molecule has 0 aliphatic heterocycles. The predicted octanol–water partition coefficient (Wildman–Crippen LogP) is 2.17. The lowest BCUT2D eigenvalue weighted by Crippen LogP contribution is -2.51. The molecular weight excluding hydrogens is 160 g/mol. The van der Waals surface area contributed by atoms with E-state index in [9.17, 15) is 8.78 Å². The van der Waals surface area contributed by atoms with Crippen LogP contribution in [0.5, 0.6) is 0 Å². The maximum absolute atomic E-state index is 12.5. The van der Waals surface area contributed by atoms with Crippen molar-refractivity contribution in [3.05, 3.63) is 0 Å². The van der Waals surface area contributed by atoms with E-state index < -0.39 is 12.0 Å². The van der Waals surface area contributed by atoms with Crippen molar-refractivity contribution in [1.29, 1.82) is 0 Å². The highest BCUT2D eigenvalue weighted by Gasteiger charge is 2.53. The van der Waals surface area contributed by atoms with Crippen molar-refractivity contribution in [2.45, 2.75) is 50.6 Å². The van der Waals surface area contributed by atoms with Crippen LogP contribution in [0.2, 0.25) is 0 Å². The Morgan fingerprint density at radius 1 is 1.33 bits per heavy atom. The van der Waals surface area contributed by atoms with Gasteiger partial charge in [-0.1, -0.05) is 6.92 Å². The lowest BCUT2D eigenvalue weighted by Gasteiger charge is -2.37. The fourth-order valence-electron chi connectivity index (χ4n) is 1.81. The predicted molar refractivity (Wildman–Crippen MR) is 43.3 cm³/mol. The first-order chi connectivity index (χ1) is 5.64. The zero-order valence-corrected chi connectivity index (χ0v) is 7.32. The van der Waals surface area contributed by atoms with Gasteiger partial charge in [-0.3, -0.25) is 0 Å². The van der Waals surface area contributed by atoms with E-state index in [-0.39, 0.29) is 0 Å². The fourth-order valence-corrected chi connectivity index (χ4v) is 1.81. The molecule has 70 valence electrons. The van der Waals surface area contributed by atoms with Gasteiger partial charge < -0.3 is 5.32 Å². The maximum Gasteiger partial charge on any atom is 0.256 e. The van der Waals surface area contributed by atoms with Gasteiger partial charge in [0.15, 0.2) is 0 Å². The molecule has 0 radical (unpaired) electrons. The van der Waals surface area contributed by atoms with E-state index in [1.807, 2.05) is 0 Å². The molecule has 3 heteroatoms. The molecule has 12 heavy (non-hydrogen) atoms. The molecule has 2 unspecified atom stereocenters. The number of hydrogen-bond donors (Lipinski definition) is 1. The molecule has 0 bridgehead atoms. The van der Waals surface area contributed by atoms with Crippen LogP contribution in [0.25, 0.3) is 0 Å². The molecule has 0 aromatic heterocycles. The molecule has 2 saturated carbocycles. The van der Waals surface area contributed by atoms with Crippen LogP contribution in [0, 0.1) is 5.92 Å². The van der Waals surface area contributed by atoms with Crippen molar-refractivity contribution in [3.8, 4) is 0 Å². The first-order valence-electron chi connectivity index (χ1n) is 4.70. The molecule has 0 amide bonds. The van der Waals surface area contributed by atoms with Crippen molar-refractivity contribution in [3.63, 3.8) is 0 Å². The second-order valence-electron chi connectivity index (χ2n) is 4.26. The van der Waals surface area contributed by atoms with Crippen LogP contribution in [0.15, 0.2) is 0 Å². The summed E-state index contributed by atoms with van der Waals surface area (Å²) in [7, 11) is 0. The van der Waals surface area contributed by atoms with Gasteiger partial charge in [0.1, 0.15) is 0 Å². The largest absolute Gasteiger partial charge is 0.303 e. The van der Waals surface area contributed by atoms with Gasteiger partial charge in [0.25, 0.3) is 6.43 Å². The summed E-state index contributed by atoms with van der Waals surface area (Å²) in [5.41, 5.74) is -0.778. The molecule has 0 saturated heterocycles. The van der Waals surface area contributed by atoms with E-state index in [1.54, 1.807) is 0 Å². The Bertz CT molecular complexity index is 177. The summed E-state index contributed by atoms with van der Waals surface area (Å²) >= 11 is 0. The summed E-state index contributed by atoms with van der Waals surface area (Å²) in [6, 6.07) is 0.363. The maximum atomic E-state index is 12.5. The van der Waals surface area contributed by atoms with Gasteiger partial charge in [-0.05, 0) is 31.6 Å². The molecule has 0 spiro atoms. The summed E-state index contributed by atoms with van der Waals surface area (Å²) in [5.74, 6) is 0.598. The lowest BCUT2D eigenvalue weighted by molar-refractivity contribution is 0.0607. The minimum absolute atomic E-state index is 0.363. The third-order valence-electron chi connectivity index (χ3n) is 3.30. The molecule has 0 aromatic carbocycles. The zero-order chi connectivity index (χ0) is 8.77. The van der Waals surface area contributed by atoms with E-state index in [2.05, 4.69) is 12.2 Å². The van der Waals surface area contributed by atoms with Gasteiger partial charge in [-0.15, -0.1) is 0 Å². The summed E-state index contributed by atoms with van der Waals surface area (Å²) in [5, 5.41) is 3.10. The van der Waals surface area contributed by atoms with Crippen LogP contribution in [-0.4, -0.2) is 18.0 Å². The van der Waals surface area contributed by atoms with E-state index in [1.165, 1.54) is 6.42 Å². The van der Waals surface area contributed by atoms with Crippen molar-refractivity contribution in [1.82, 2.24) is 5.32 Å². The highest BCUT2D eigenvalue weighted by Crippen LogP contribution is 2.43. The number of halogens is 2. The Morgan fingerprint density at radius 2 is 2.00 bits per heavy atom. The molecule has 2 aliphatic rings.